The van der Waals surface area contributed by atoms with Gasteiger partial charge in [-0.25, -0.2) is 4.99 Å². The summed E-state index contributed by atoms with van der Waals surface area (Å²) in [5, 5.41) is 6.85. The Hall–Kier alpha value is -2.60. The molecule has 164 valence electrons. The van der Waals surface area contributed by atoms with Crippen molar-refractivity contribution in [3.63, 3.8) is 0 Å². The van der Waals surface area contributed by atoms with E-state index < -0.39 is 0 Å². The van der Waals surface area contributed by atoms with E-state index >= 15 is 0 Å². The van der Waals surface area contributed by atoms with E-state index in [2.05, 4.69) is 67.6 Å². The quantitative estimate of drug-likeness (QED) is 0.333. The second-order valence-corrected chi connectivity index (χ2v) is 7.67. The molecule has 30 heavy (non-hydrogen) atoms. The number of nitrogens with one attached hydrogen (secondary N) is 2. The number of aryl methyl sites for hydroxylation is 1. The summed E-state index contributed by atoms with van der Waals surface area (Å²) in [6.07, 6.45) is 3.76. The van der Waals surface area contributed by atoms with Gasteiger partial charge in [0.05, 0.1) is 13.2 Å². The largest absolute Gasteiger partial charge is 0.491 e. The van der Waals surface area contributed by atoms with E-state index in [4.69, 9.17) is 14.5 Å². The van der Waals surface area contributed by atoms with Gasteiger partial charge in [0.1, 0.15) is 12.4 Å². The van der Waals surface area contributed by atoms with Crippen LogP contribution in [0.4, 0.5) is 0 Å². The SMILES string of the molecule is CCNC(=NCc1ccc(C)cc1OCCOC)NCC(c1cccnc1)C(C)C. The van der Waals surface area contributed by atoms with Gasteiger partial charge in [0.15, 0.2) is 5.96 Å². The Morgan fingerprint density at radius 3 is 2.67 bits per heavy atom. The Kier molecular flexibility index (Phi) is 10.1. The average Bonchev–Trinajstić information content (AvgIpc) is 2.74. The maximum absolute atomic E-state index is 5.90. The van der Waals surface area contributed by atoms with Crippen LogP contribution in [0.15, 0.2) is 47.7 Å². The van der Waals surface area contributed by atoms with Crippen LogP contribution in [0.5, 0.6) is 5.75 Å². The van der Waals surface area contributed by atoms with E-state index in [1.807, 2.05) is 18.5 Å². The molecule has 2 N–H and O–H groups in total. The molecule has 1 aromatic heterocycles. The summed E-state index contributed by atoms with van der Waals surface area (Å²) in [5.74, 6) is 2.51. The average molecular weight is 413 g/mol. The third-order valence-corrected chi connectivity index (χ3v) is 4.93. The fraction of sp³-hybridized carbons (Fsp3) is 0.500. The molecule has 0 amide bonds. The van der Waals surface area contributed by atoms with Crippen LogP contribution in [0, 0.1) is 12.8 Å². The second kappa shape index (κ2) is 12.9. The molecule has 2 rings (SSSR count). The first kappa shape index (κ1) is 23.7. The molecule has 0 radical (unpaired) electrons. The number of ether oxygens (including phenoxy) is 2. The first-order chi connectivity index (χ1) is 14.5. The summed E-state index contributed by atoms with van der Waals surface area (Å²) in [4.78, 5) is 9.07. The van der Waals surface area contributed by atoms with Gasteiger partial charge >= 0.3 is 0 Å². The maximum atomic E-state index is 5.90. The number of hydrogen-bond donors (Lipinski definition) is 2. The highest BCUT2D eigenvalue weighted by Crippen LogP contribution is 2.23. The van der Waals surface area contributed by atoms with Crippen LogP contribution in [0.3, 0.4) is 0 Å². The van der Waals surface area contributed by atoms with Crippen LogP contribution in [-0.4, -0.2) is 44.4 Å². The molecule has 6 nitrogen and oxygen atoms in total. The topological polar surface area (TPSA) is 67.8 Å². The molecule has 0 fully saturated rings. The van der Waals surface area contributed by atoms with E-state index in [0.29, 0.717) is 31.6 Å². The summed E-state index contributed by atoms with van der Waals surface area (Å²) in [7, 11) is 1.68. The van der Waals surface area contributed by atoms with Crippen LogP contribution < -0.4 is 15.4 Å². The van der Waals surface area contributed by atoms with Crippen molar-refractivity contribution in [2.24, 2.45) is 10.9 Å². The minimum atomic E-state index is 0.356. The number of benzene rings is 1. The predicted octanol–water partition coefficient (Wildman–Crippen LogP) is 3.91. The molecule has 0 saturated heterocycles. The molecular weight excluding hydrogens is 376 g/mol. The number of nitrogens with zero attached hydrogens (tertiary/aromatic N) is 2. The van der Waals surface area contributed by atoms with Crippen molar-refractivity contribution in [1.82, 2.24) is 15.6 Å². The minimum absolute atomic E-state index is 0.356. The van der Waals surface area contributed by atoms with Gasteiger partial charge in [-0.05, 0) is 43.0 Å². The zero-order chi connectivity index (χ0) is 21.8. The standard InChI is InChI=1S/C24H36N4O2/c1-6-26-24(28-17-22(18(2)3)20-8-7-11-25-15-20)27-16-21-10-9-19(4)14-23(21)30-13-12-29-5/h7-11,14-15,18,22H,6,12-13,16-17H2,1-5H3,(H2,26,27,28). The van der Waals surface area contributed by atoms with Crippen molar-refractivity contribution in [2.45, 2.75) is 40.2 Å². The normalized spacial score (nSPS) is 12.7. The van der Waals surface area contributed by atoms with Gasteiger partial charge in [-0.15, -0.1) is 0 Å². The van der Waals surface area contributed by atoms with E-state index in [9.17, 15) is 0 Å². The lowest BCUT2D eigenvalue weighted by Crippen LogP contribution is -2.40. The highest BCUT2D eigenvalue weighted by atomic mass is 16.5. The number of hydrogen-bond acceptors (Lipinski definition) is 4. The summed E-state index contributed by atoms with van der Waals surface area (Å²) < 4.78 is 11.0. The smallest absolute Gasteiger partial charge is 0.191 e. The van der Waals surface area contributed by atoms with Gasteiger partial charge in [-0.1, -0.05) is 32.0 Å². The van der Waals surface area contributed by atoms with E-state index in [-0.39, 0.29) is 0 Å². The van der Waals surface area contributed by atoms with Crippen molar-refractivity contribution in [1.29, 1.82) is 0 Å². The maximum Gasteiger partial charge on any atom is 0.191 e. The van der Waals surface area contributed by atoms with Gasteiger partial charge in [0.25, 0.3) is 0 Å². The first-order valence-electron chi connectivity index (χ1n) is 10.7. The number of pyridine rings is 1. The third kappa shape index (κ3) is 7.67. The molecule has 0 aliphatic heterocycles. The van der Waals surface area contributed by atoms with E-state index in [0.717, 1.165) is 35.9 Å². The lowest BCUT2D eigenvalue weighted by molar-refractivity contribution is 0.145. The Balaban J connectivity index is 2.08. The van der Waals surface area contributed by atoms with Crippen LogP contribution in [0.25, 0.3) is 0 Å². The molecule has 0 bridgehead atoms. The van der Waals surface area contributed by atoms with Gasteiger partial charge in [0.2, 0.25) is 0 Å². The van der Waals surface area contributed by atoms with Gasteiger partial charge in [-0.3, -0.25) is 4.98 Å². The molecule has 2 aromatic rings. The van der Waals surface area contributed by atoms with Crippen LogP contribution in [0.1, 0.15) is 43.4 Å². The zero-order valence-electron chi connectivity index (χ0n) is 18.9. The fourth-order valence-electron chi connectivity index (χ4n) is 3.21. The molecule has 0 aliphatic rings. The van der Waals surface area contributed by atoms with Crippen molar-refractivity contribution in [3.8, 4) is 5.75 Å². The molecule has 0 spiro atoms. The van der Waals surface area contributed by atoms with Crippen molar-refractivity contribution < 1.29 is 9.47 Å². The second-order valence-electron chi connectivity index (χ2n) is 7.67. The van der Waals surface area contributed by atoms with Gasteiger partial charge < -0.3 is 20.1 Å². The van der Waals surface area contributed by atoms with Gasteiger partial charge in [0, 0.05) is 44.1 Å². The molecule has 0 aliphatic carbocycles. The Morgan fingerprint density at radius 1 is 1.17 bits per heavy atom. The van der Waals surface area contributed by atoms with E-state index in [1.165, 1.54) is 5.56 Å². The number of aliphatic imine (C=N–C) groups is 1. The summed E-state index contributed by atoms with van der Waals surface area (Å²) in [6.45, 7) is 11.8. The minimum Gasteiger partial charge on any atom is -0.491 e. The molecular formula is C24H36N4O2. The van der Waals surface area contributed by atoms with Crippen molar-refractivity contribution in [2.75, 3.05) is 33.4 Å². The number of guanidine groups is 1. The lowest BCUT2D eigenvalue weighted by Gasteiger charge is -2.23. The third-order valence-electron chi connectivity index (χ3n) is 4.93. The van der Waals surface area contributed by atoms with Crippen LogP contribution in [0.2, 0.25) is 0 Å². The molecule has 6 heteroatoms. The highest BCUT2D eigenvalue weighted by Gasteiger charge is 2.16. The molecule has 1 aromatic carbocycles. The highest BCUT2D eigenvalue weighted by molar-refractivity contribution is 5.79. The monoisotopic (exact) mass is 412 g/mol. The molecule has 1 heterocycles. The Bertz CT molecular complexity index is 778. The Morgan fingerprint density at radius 2 is 2.00 bits per heavy atom. The van der Waals surface area contributed by atoms with Crippen molar-refractivity contribution in [3.05, 3.63) is 59.4 Å². The fourth-order valence-corrected chi connectivity index (χ4v) is 3.21. The molecule has 1 unspecified atom stereocenters. The number of methoxy groups -OCH3 is 1. The molecule has 0 saturated carbocycles. The van der Waals surface area contributed by atoms with Gasteiger partial charge in [-0.2, -0.15) is 0 Å². The number of aromatic nitrogens is 1. The summed E-state index contributed by atoms with van der Waals surface area (Å²) in [6, 6.07) is 10.4. The first-order valence-corrected chi connectivity index (χ1v) is 10.7. The predicted molar refractivity (Wildman–Crippen MR) is 123 cm³/mol. The Labute approximate surface area is 181 Å². The zero-order valence-corrected chi connectivity index (χ0v) is 18.9. The van der Waals surface area contributed by atoms with Crippen molar-refractivity contribution >= 4 is 5.96 Å². The number of rotatable bonds is 11. The lowest BCUT2D eigenvalue weighted by atomic mass is 9.89. The van der Waals surface area contributed by atoms with Crippen LogP contribution >= 0.6 is 0 Å². The summed E-state index contributed by atoms with van der Waals surface area (Å²) >= 11 is 0. The van der Waals surface area contributed by atoms with Crippen LogP contribution in [-0.2, 0) is 11.3 Å². The van der Waals surface area contributed by atoms with E-state index in [1.54, 1.807) is 7.11 Å². The molecule has 1 atom stereocenters. The summed E-state index contributed by atoms with van der Waals surface area (Å²) in [5.41, 5.74) is 3.46.